The highest BCUT2D eigenvalue weighted by Crippen LogP contribution is 2.11. The number of aromatic nitrogens is 1. The van der Waals surface area contributed by atoms with Crippen LogP contribution in [0.5, 0.6) is 5.88 Å². The second kappa shape index (κ2) is 5.19. The molecule has 0 aliphatic carbocycles. The molecule has 1 aromatic heterocycles. The van der Waals surface area contributed by atoms with E-state index in [0.717, 1.165) is 11.0 Å². The van der Waals surface area contributed by atoms with E-state index < -0.39 is 0 Å². The fourth-order valence-corrected chi connectivity index (χ4v) is 1.01. The van der Waals surface area contributed by atoms with Gasteiger partial charge in [-0.2, -0.15) is 0 Å². The number of pyridine rings is 1. The predicted octanol–water partition coefficient (Wildman–Crippen LogP) is 1.78. The molecule has 0 aromatic carbocycles. The molecule has 0 spiro atoms. The molecule has 0 unspecified atom stereocenters. The Morgan fingerprint density at radius 2 is 2.23 bits per heavy atom. The Labute approximate surface area is 86.9 Å². The number of nitrogens with zero attached hydrogens (tertiary/aromatic N) is 2. The molecule has 0 radical (unpaired) electrons. The first kappa shape index (κ1) is 10.5. The Morgan fingerprint density at radius 1 is 1.46 bits per heavy atom. The van der Waals surface area contributed by atoms with Gasteiger partial charge in [0.05, 0.1) is 0 Å². The van der Waals surface area contributed by atoms with E-state index in [4.69, 9.17) is 4.74 Å². The fourth-order valence-electron chi connectivity index (χ4n) is 0.780. The Hall–Kier alpha value is -0.610. The lowest BCUT2D eigenvalue weighted by Crippen LogP contribution is -2.19. The molecule has 13 heavy (non-hydrogen) atoms. The van der Waals surface area contributed by atoms with E-state index in [0.29, 0.717) is 12.5 Å². The summed E-state index contributed by atoms with van der Waals surface area (Å²) in [6, 6.07) is 3.76. The molecule has 1 rings (SSSR count). The zero-order valence-electron chi connectivity index (χ0n) is 7.83. The van der Waals surface area contributed by atoms with Crippen molar-refractivity contribution in [3.05, 3.63) is 22.8 Å². The van der Waals surface area contributed by atoms with Crippen molar-refractivity contribution in [1.82, 2.24) is 9.88 Å². The molecule has 1 heterocycles. The molecule has 0 atom stereocenters. The van der Waals surface area contributed by atoms with E-state index in [1.807, 2.05) is 26.2 Å². The van der Waals surface area contributed by atoms with E-state index >= 15 is 0 Å². The van der Waals surface area contributed by atoms with Gasteiger partial charge in [0.1, 0.15) is 6.61 Å². The minimum Gasteiger partial charge on any atom is -0.476 e. The third-order valence-corrected chi connectivity index (χ3v) is 1.96. The van der Waals surface area contributed by atoms with Crippen molar-refractivity contribution >= 4 is 15.9 Å². The molecule has 4 heteroatoms. The van der Waals surface area contributed by atoms with Gasteiger partial charge in [-0.05, 0) is 36.1 Å². The van der Waals surface area contributed by atoms with Crippen LogP contribution in [-0.2, 0) is 0 Å². The summed E-state index contributed by atoms with van der Waals surface area (Å²) in [6.45, 7) is 1.57. The van der Waals surface area contributed by atoms with Gasteiger partial charge in [-0.1, -0.05) is 0 Å². The molecule has 3 nitrogen and oxygen atoms in total. The molecule has 0 saturated heterocycles. The smallest absolute Gasteiger partial charge is 0.213 e. The summed E-state index contributed by atoms with van der Waals surface area (Å²) >= 11 is 3.31. The lowest BCUT2D eigenvalue weighted by molar-refractivity contribution is 0.254. The van der Waals surface area contributed by atoms with Gasteiger partial charge in [0.15, 0.2) is 0 Å². The Kier molecular flexibility index (Phi) is 4.18. The van der Waals surface area contributed by atoms with Gasteiger partial charge in [0.2, 0.25) is 5.88 Å². The van der Waals surface area contributed by atoms with Crippen LogP contribution < -0.4 is 4.74 Å². The van der Waals surface area contributed by atoms with E-state index in [1.165, 1.54) is 0 Å². The van der Waals surface area contributed by atoms with Crippen LogP contribution >= 0.6 is 15.9 Å². The largest absolute Gasteiger partial charge is 0.476 e. The zero-order chi connectivity index (χ0) is 9.68. The summed E-state index contributed by atoms with van der Waals surface area (Å²) in [7, 11) is 4.02. The highest BCUT2D eigenvalue weighted by atomic mass is 79.9. The van der Waals surface area contributed by atoms with E-state index in [-0.39, 0.29) is 0 Å². The average Bonchev–Trinajstić information content (AvgIpc) is 2.08. The summed E-state index contributed by atoms with van der Waals surface area (Å²) in [5.41, 5.74) is 0. The van der Waals surface area contributed by atoms with E-state index in [9.17, 15) is 0 Å². The number of rotatable bonds is 4. The van der Waals surface area contributed by atoms with Gasteiger partial charge in [-0.3, -0.25) is 0 Å². The molecule has 0 N–H and O–H groups in total. The zero-order valence-corrected chi connectivity index (χ0v) is 9.41. The first-order valence-electron chi connectivity index (χ1n) is 4.07. The monoisotopic (exact) mass is 244 g/mol. The number of hydrogen-bond donors (Lipinski definition) is 0. The molecule has 0 saturated carbocycles. The normalized spacial score (nSPS) is 10.5. The summed E-state index contributed by atoms with van der Waals surface area (Å²) < 4.78 is 6.36. The first-order valence-corrected chi connectivity index (χ1v) is 4.87. The third-order valence-electron chi connectivity index (χ3n) is 1.49. The average molecular weight is 245 g/mol. The van der Waals surface area contributed by atoms with Crippen LogP contribution in [0, 0.1) is 0 Å². The summed E-state index contributed by atoms with van der Waals surface area (Å²) in [4.78, 5) is 6.16. The predicted molar refractivity (Wildman–Crippen MR) is 56.0 cm³/mol. The number of likely N-dealkylation sites (N-methyl/N-ethyl adjacent to an activating group) is 1. The number of hydrogen-bond acceptors (Lipinski definition) is 3. The quantitative estimate of drug-likeness (QED) is 0.808. The third kappa shape index (κ3) is 4.24. The lowest BCUT2D eigenvalue weighted by Gasteiger charge is -2.09. The summed E-state index contributed by atoms with van der Waals surface area (Å²) in [5.74, 6) is 0.671. The second-order valence-corrected chi connectivity index (χ2v) is 3.88. The standard InChI is InChI=1S/C9H13BrN2O/c1-12(2)5-6-13-9-4-3-8(10)7-11-9/h3-4,7H,5-6H2,1-2H3. The lowest BCUT2D eigenvalue weighted by atomic mass is 10.5. The Morgan fingerprint density at radius 3 is 2.77 bits per heavy atom. The van der Waals surface area contributed by atoms with Crippen LogP contribution in [0.2, 0.25) is 0 Å². The van der Waals surface area contributed by atoms with Crippen molar-refractivity contribution in [3.8, 4) is 5.88 Å². The van der Waals surface area contributed by atoms with Crippen LogP contribution in [-0.4, -0.2) is 37.1 Å². The van der Waals surface area contributed by atoms with Crippen molar-refractivity contribution in [2.75, 3.05) is 27.2 Å². The van der Waals surface area contributed by atoms with Crippen LogP contribution in [0.15, 0.2) is 22.8 Å². The van der Waals surface area contributed by atoms with Gasteiger partial charge in [-0.25, -0.2) is 4.98 Å². The highest BCUT2D eigenvalue weighted by molar-refractivity contribution is 9.10. The maximum Gasteiger partial charge on any atom is 0.213 e. The van der Waals surface area contributed by atoms with Crippen LogP contribution in [0.25, 0.3) is 0 Å². The molecule has 0 aliphatic heterocycles. The van der Waals surface area contributed by atoms with E-state index in [2.05, 4.69) is 25.8 Å². The van der Waals surface area contributed by atoms with Crippen molar-refractivity contribution in [1.29, 1.82) is 0 Å². The minimum absolute atomic E-state index is 0.668. The maximum absolute atomic E-state index is 5.40. The molecule has 72 valence electrons. The first-order chi connectivity index (χ1) is 6.18. The van der Waals surface area contributed by atoms with Crippen LogP contribution in [0.1, 0.15) is 0 Å². The van der Waals surface area contributed by atoms with Gasteiger partial charge in [-0.15, -0.1) is 0 Å². The fraction of sp³-hybridized carbons (Fsp3) is 0.444. The number of halogens is 1. The SMILES string of the molecule is CN(C)CCOc1ccc(Br)cn1. The molecule has 0 aliphatic rings. The van der Waals surface area contributed by atoms with Crippen LogP contribution in [0.3, 0.4) is 0 Å². The summed E-state index contributed by atoms with van der Waals surface area (Å²) in [6.07, 6.45) is 1.73. The van der Waals surface area contributed by atoms with Crippen molar-refractivity contribution < 1.29 is 4.74 Å². The van der Waals surface area contributed by atoms with Crippen LogP contribution in [0.4, 0.5) is 0 Å². The molecule has 0 fully saturated rings. The Bertz CT molecular complexity index is 248. The second-order valence-electron chi connectivity index (χ2n) is 2.97. The Balaban J connectivity index is 2.33. The van der Waals surface area contributed by atoms with Crippen molar-refractivity contribution in [2.45, 2.75) is 0 Å². The molecule has 1 aromatic rings. The topological polar surface area (TPSA) is 25.4 Å². The minimum atomic E-state index is 0.668. The molecule has 0 bridgehead atoms. The van der Waals surface area contributed by atoms with Gasteiger partial charge in [0, 0.05) is 23.3 Å². The van der Waals surface area contributed by atoms with Crippen molar-refractivity contribution in [3.63, 3.8) is 0 Å². The highest BCUT2D eigenvalue weighted by Gasteiger charge is 1.95. The van der Waals surface area contributed by atoms with E-state index in [1.54, 1.807) is 6.20 Å². The van der Waals surface area contributed by atoms with Crippen molar-refractivity contribution in [2.24, 2.45) is 0 Å². The summed E-state index contributed by atoms with van der Waals surface area (Å²) in [5, 5.41) is 0. The maximum atomic E-state index is 5.40. The number of ether oxygens (including phenoxy) is 1. The molecule has 0 amide bonds. The van der Waals surface area contributed by atoms with Gasteiger partial charge >= 0.3 is 0 Å². The van der Waals surface area contributed by atoms with Gasteiger partial charge < -0.3 is 9.64 Å². The molecular weight excluding hydrogens is 232 g/mol. The molecular formula is C9H13BrN2O. The van der Waals surface area contributed by atoms with Gasteiger partial charge in [0.25, 0.3) is 0 Å².